The van der Waals surface area contributed by atoms with Crippen LogP contribution in [0, 0.1) is 0 Å². The minimum Gasteiger partial charge on any atom is -0.497 e. The molecule has 1 aliphatic heterocycles. The van der Waals surface area contributed by atoms with Gasteiger partial charge in [-0.1, -0.05) is 0 Å². The van der Waals surface area contributed by atoms with Gasteiger partial charge in [0, 0.05) is 23.7 Å². The largest absolute Gasteiger partial charge is 0.497 e. The molecule has 0 fully saturated rings. The van der Waals surface area contributed by atoms with Crippen LogP contribution in [0.5, 0.6) is 5.75 Å². The number of hydrogen-bond acceptors (Lipinski definition) is 4. The summed E-state index contributed by atoms with van der Waals surface area (Å²) < 4.78 is 5.10. The summed E-state index contributed by atoms with van der Waals surface area (Å²) in [6, 6.07) is 9.42. The molecule has 2 aromatic rings. The van der Waals surface area contributed by atoms with Gasteiger partial charge in [-0.25, -0.2) is 4.99 Å². The molecule has 7 heteroatoms. The molecule has 126 valence electrons. The van der Waals surface area contributed by atoms with Crippen molar-refractivity contribution in [2.24, 2.45) is 10.7 Å². The highest BCUT2D eigenvalue weighted by atomic mass is 32.1. The molecule has 0 aliphatic carbocycles. The minimum atomic E-state index is -0.00803. The van der Waals surface area contributed by atoms with Gasteiger partial charge in [-0.05, 0) is 47.7 Å². The summed E-state index contributed by atoms with van der Waals surface area (Å²) in [6.07, 6.45) is 0.919. The van der Waals surface area contributed by atoms with Crippen LogP contribution in [-0.4, -0.2) is 37.0 Å². The number of aliphatic imine (C=N–C) groups is 1. The van der Waals surface area contributed by atoms with Crippen molar-refractivity contribution in [2.75, 3.05) is 25.5 Å². The third-order valence-corrected chi connectivity index (χ3v) is 4.93. The molecule has 0 saturated heterocycles. The predicted molar refractivity (Wildman–Crippen MR) is 96.5 cm³/mol. The second-order valence-electron chi connectivity index (χ2n) is 5.49. The Labute approximate surface area is 144 Å². The summed E-state index contributed by atoms with van der Waals surface area (Å²) in [5.41, 5.74) is 7.89. The first-order chi connectivity index (χ1) is 11.7. The highest BCUT2D eigenvalue weighted by molar-refractivity contribution is 7.10. The second kappa shape index (κ2) is 7.35. The van der Waals surface area contributed by atoms with E-state index < -0.39 is 0 Å². The third-order valence-electron chi connectivity index (χ3n) is 3.91. The van der Waals surface area contributed by atoms with Crippen molar-refractivity contribution in [3.8, 4) is 5.75 Å². The van der Waals surface area contributed by atoms with Crippen LogP contribution in [0.2, 0.25) is 0 Å². The zero-order valence-corrected chi connectivity index (χ0v) is 14.3. The number of benzene rings is 1. The van der Waals surface area contributed by atoms with E-state index in [9.17, 15) is 4.79 Å². The number of guanidine groups is 1. The van der Waals surface area contributed by atoms with E-state index in [0.29, 0.717) is 6.54 Å². The second-order valence-corrected chi connectivity index (χ2v) is 6.49. The van der Waals surface area contributed by atoms with Crippen LogP contribution in [-0.2, 0) is 17.8 Å². The summed E-state index contributed by atoms with van der Waals surface area (Å²) >= 11 is 1.76. The number of ether oxygens (including phenoxy) is 1. The fraction of sp³-hybridized carbons (Fsp3) is 0.294. The SMILES string of the molecule is COc1ccc(NC(N)=NCC(=O)N2CCc3sccc3C2)cc1. The standard InChI is InChI=1S/C17H20N4O2S/c1-23-14-4-2-13(3-5-14)20-17(18)19-10-16(22)21-8-6-15-12(11-21)7-9-24-15/h2-5,7,9H,6,8,10-11H2,1H3,(H3,18,19,20). The molecular formula is C17H20N4O2S. The van der Waals surface area contributed by atoms with Gasteiger partial charge in [-0.15, -0.1) is 11.3 Å². The smallest absolute Gasteiger partial charge is 0.244 e. The molecule has 1 aliphatic rings. The number of carbonyl (C=O) groups is 1. The van der Waals surface area contributed by atoms with Crippen LogP contribution in [0.25, 0.3) is 0 Å². The molecule has 1 aromatic heterocycles. The number of methoxy groups -OCH3 is 1. The zero-order chi connectivity index (χ0) is 16.9. The number of fused-ring (bicyclic) bond motifs is 1. The third kappa shape index (κ3) is 3.86. The van der Waals surface area contributed by atoms with E-state index in [2.05, 4.69) is 21.8 Å². The summed E-state index contributed by atoms with van der Waals surface area (Å²) in [5, 5.41) is 5.04. The van der Waals surface area contributed by atoms with Crippen molar-refractivity contribution in [3.05, 3.63) is 46.2 Å². The number of anilines is 1. The van der Waals surface area contributed by atoms with Gasteiger partial charge in [0.15, 0.2) is 5.96 Å². The van der Waals surface area contributed by atoms with Crippen LogP contribution in [0.1, 0.15) is 10.4 Å². The van der Waals surface area contributed by atoms with E-state index in [1.165, 1.54) is 10.4 Å². The molecule has 24 heavy (non-hydrogen) atoms. The number of hydrogen-bond donors (Lipinski definition) is 2. The molecular weight excluding hydrogens is 324 g/mol. The van der Waals surface area contributed by atoms with E-state index in [-0.39, 0.29) is 18.4 Å². The molecule has 0 bridgehead atoms. The summed E-state index contributed by atoms with van der Waals surface area (Å²) in [4.78, 5) is 19.6. The molecule has 6 nitrogen and oxygen atoms in total. The average molecular weight is 344 g/mol. The highest BCUT2D eigenvalue weighted by Crippen LogP contribution is 2.23. The fourth-order valence-corrected chi connectivity index (χ4v) is 3.47. The van der Waals surface area contributed by atoms with Gasteiger partial charge in [0.1, 0.15) is 12.3 Å². The molecule has 0 saturated carbocycles. The van der Waals surface area contributed by atoms with E-state index in [1.54, 1.807) is 18.4 Å². The lowest BCUT2D eigenvalue weighted by Crippen LogP contribution is -2.37. The first-order valence-corrected chi connectivity index (χ1v) is 8.57. The Morgan fingerprint density at radius 1 is 1.38 bits per heavy atom. The van der Waals surface area contributed by atoms with Gasteiger partial charge in [-0.3, -0.25) is 4.79 Å². The fourth-order valence-electron chi connectivity index (χ4n) is 2.58. The van der Waals surface area contributed by atoms with Crippen molar-refractivity contribution in [3.63, 3.8) is 0 Å². The van der Waals surface area contributed by atoms with Crippen molar-refractivity contribution >= 4 is 28.9 Å². The molecule has 3 rings (SSSR count). The molecule has 2 heterocycles. The number of nitrogens with zero attached hydrogens (tertiary/aromatic N) is 2. The normalized spacial score (nSPS) is 14.2. The van der Waals surface area contributed by atoms with Crippen LogP contribution in [0.3, 0.4) is 0 Å². The maximum absolute atomic E-state index is 12.3. The number of nitrogens with one attached hydrogen (secondary N) is 1. The van der Waals surface area contributed by atoms with Gasteiger partial charge in [0.05, 0.1) is 7.11 Å². The quantitative estimate of drug-likeness (QED) is 0.657. The Kier molecular flexibility index (Phi) is 5.00. The first-order valence-electron chi connectivity index (χ1n) is 7.69. The molecule has 0 radical (unpaired) electrons. The van der Waals surface area contributed by atoms with Crippen molar-refractivity contribution in [2.45, 2.75) is 13.0 Å². The number of nitrogens with two attached hydrogens (primary N) is 1. The monoisotopic (exact) mass is 344 g/mol. The minimum absolute atomic E-state index is 0.00803. The topological polar surface area (TPSA) is 80.0 Å². The Hall–Kier alpha value is -2.54. The van der Waals surface area contributed by atoms with Gasteiger partial charge in [0.2, 0.25) is 5.91 Å². The van der Waals surface area contributed by atoms with Crippen LogP contribution in [0.15, 0.2) is 40.7 Å². The first kappa shape index (κ1) is 16.3. The van der Waals surface area contributed by atoms with Crippen LogP contribution in [0.4, 0.5) is 5.69 Å². The van der Waals surface area contributed by atoms with Crippen molar-refractivity contribution in [1.29, 1.82) is 0 Å². The van der Waals surface area contributed by atoms with Gasteiger partial charge < -0.3 is 20.7 Å². The van der Waals surface area contributed by atoms with E-state index in [0.717, 1.165) is 24.4 Å². The van der Waals surface area contributed by atoms with E-state index in [4.69, 9.17) is 10.5 Å². The van der Waals surface area contributed by atoms with Gasteiger partial charge >= 0.3 is 0 Å². The van der Waals surface area contributed by atoms with Crippen molar-refractivity contribution in [1.82, 2.24) is 4.90 Å². The lowest BCUT2D eigenvalue weighted by atomic mass is 10.1. The number of thiophene rings is 1. The van der Waals surface area contributed by atoms with Crippen molar-refractivity contribution < 1.29 is 9.53 Å². The average Bonchev–Trinajstić information content (AvgIpc) is 3.08. The number of amides is 1. The zero-order valence-electron chi connectivity index (χ0n) is 13.5. The Balaban J connectivity index is 1.53. The lowest BCUT2D eigenvalue weighted by Gasteiger charge is -2.26. The maximum atomic E-state index is 12.3. The molecule has 0 atom stereocenters. The van der Waals surface area contributed by atoms with Gasteiger partial charge in [0.25, 0.3) is 0 Å². The Bertz CT molecular complexity index is 739. The Morgan fingerprint density at radius 2 is 2.17 bits per heavy atom. The number of rotatable bonds is 4. The maximum Gasteiger partial charge on any atom is 0.244 e. The molecule has 3 N–H and O–H groups in total. The Morgan fingerprint density at radius 3 is 2.92 bits per heavy atom. The molecule has 0 spiro atoms. The number of carbonyl (C=O) groups excluding carboxylic acids is 1. The molecule has 1 amide bonds. The highest BCUT2D eigenvalue weighted by Gasteiger charge is 2.20. The van der Waals surface area contributed by atoms with Crippen LogP contribution >= 0.6 is 11.3 Å². The molecule has 0 unspecified atom stereocenters. The summed E-state index contributed by atoms with van der Waals surface area (Å²) in [6.45, 7) is 1.46. The van der Waals surface area contributed by atoms with Crippen LogP contribution < -0.4 is 15.8 Å². The summed E-state index contributed by atoms with van der Waals surface area (Å²) in [7, 11) is 1.61. The lowest BCUT2D eigenvalue weighted by molar-refractivity contribution is -0.130. The van der Waals surface area contributed by atoms with E-state index in [1.807, 2.05) is 29.2 Å². The van der Waals surface area contributed by atoms with E-state index >= 15 is 0 Å². The molecule has 1 aromatic carbocycles. The predicted octanol–water partition coefficient (Wildman–Crippen LogP) is 2.07. The summed E-state index contributed by atoms with van der Waals surface area (Å²) in [5.74, 6) is 0.984. The van der Waals surface area contributed by atoms with Gasteiger partial charge in [-0.2, -0.15) is 0 Å².